The number of rotatable bonds is 1. The highest BCUT2D eigenvalue weighted by Crippen LogP contribution is 2.34. The smallest absolute Gasteiger partial charge is 0.182 e. The van der Waals surface area contributed by atoms with Crippen molar-refractivity contribution in [1.29, 1.82) is 0 Å². The molecular weight excluding hydrogens is 370 g/mol. The SMILES string of the molecule is Clc1cc2c(cc1Br)-c1nnnn1CC(N1CCOCC1)C2. The van der Waals surface area contributed by atoms with Gasteiger partial charge in [0, 0.05) is 29.2 Å². The van der Waals surface area contributed by atoms with E-state index in [1.807, 2.05) is 16.8 Å². The van der Waals surface area contributed by atoms with E-state index in [0.29, 0.717) is 6.04 Å². The lowest BCUT2D eigenvalue weighted by Crippen LogP contribution is -2.46. The van der Waals surface area contributed by atoms with Crippen LogP contribution in [0.1, 0.15) is 5.56 Å². The van der Waals surface area contributed by atoms with Crippen LogP contribution in [0.2, 0.25) is 5.02 Å². The van der Waals surface area contributed by atoms with E-state index in [9.17, 15) is 0 Å². The minimum absolute atomic E-state index is 0.352. The summed E-state index contributed by atoms with van der Waals surface area (Å²) in [5, 5.41) is 12.9. The number of hydrogen-bond donors (Lipinski definition) is 0. The number of nitrogens with zero attached hydrogens (tertiary/aromatic N) is 5. The molecule has 1 aromatic carbocycles. The maximum Gasteiger partial charge on any atom is 0.182 e. The van der Waals surface area contributed by atoms with Crippen LogP contribution in [0.15, 0.2) is 16.6 Å². The van der Waals surface area contributed by atoms with Gasteiger partial charge in [-0.1, -0.05) is 11.6 Å². The van der Waals surface area contributed by atoms with Crippen LogP contribution in [0.5, 0.6) is 0 Å². The largest absolute Gasteiger partial charge is 0.379 e. The first-order valence-corrected chi connectivity index (χ1v) is 8.46. The average Bonchev–Trinajstić information content (AvgIpc) is 2.93. The van der Waals surface area contributed by atoms with Crippen molar-refractivity contribution in [1.82, 2.24) is 25.1 Å². The molecule has 2 aromatic rings. The third-order valence-electron chi connectivity index (χ3n) is 4.32. The Labute approximate surface area is 141 Å². The normalized spacial score (nSPS) is 22.0. The number of benzene rings is 1. The average molecular weight is 385 g/mol. The van der Waals surface area contributed by atoms with Crippen molar-refractivity contribution in [2.24, 2.45) is 0 Å². The van der Waals surface area contributed by atoms with Crippen LogP contribution >= 0.6 is 27.5 Å². The maximum absolute atomic E-state index is 6.29. The van der Waals surface area contributed by atoms with Gasteiger partial charge in [0.05, 0.1) is 24.8 Å². The van der Waals surface area contributed by atoms with Crippen LogP contribution in [0.25, 0.3) is 11.4 Å². The van der Waals surface area contributed by atoms with Crippen LogP contribution in [0.3, 0.4) is 0 Å². The fourth-order valence-corrected chi connectivity index (χ4v) is 3.72. The molecule has 1 aromatic heterocycles. The van der Waals surface area contributed by atoms with Crippen LogP contribution in [0, 0.1) is 0 Å². The number of halogens is 2. The van der Waals surface area contributed by atoms with Crippen molar-refractivity contribution < 1.29 is 4.74 Å². The molecule has 0 bridgehead atoms. The first-order chi connectivity index (χ1) is 10.7. The summed E-state index contributed by atoms with van der Waals surface area (Å²) in [7, 11) is 0. The van der Waals surface area contributed by atoms with E-state index in [1.54, 1.807) is 0 Å². The summed E-state index contributed by atoms with van der Waals surface area (Å²) in [5.74, 6) is 0.808. The molecule has 22 heavy (non-hydrogen) atoms. The van der Waals surface area contributed by atoms with Crippen LogP contribution in [-0.2, 0) is 17.7 Å². The van der Waals surface area contributed by atoms with Gasteiger partial charge in [0.25, 0.3) is 0 Å². The Bertz CT molecular complexity index is 701. The highest BCUT2D eigenvalue weighted by Gasteiger charge is 2.29. The summed E-state index contributed by atoms with van der Waals surface area (Å²) in [6, 6.07) is 4.39. The Morgan fingerprint density at radius 1 is 1.27 bits per heavy atom. The molecule has 0 spiro atoms. The molecule has 2 aliphatic rings. The number of aromatic nitrogens is 4. The first kappa shape index (κ1) is 14.6. The van der Waals surface area contributed by atoms with Crippen molar-refractivity contribution in [3.63, 3.8) is 0 Å². The van der Waals surface area contributed by atoms with Gasteiger partial charge in [0.1, 0.15) is 0 Å². The zero-order valence-corrected chi connectivity index (χ0v) is 14.2. The zero-order chi connectivity index (χ0) is 15.1. The molecule has 1 unspecified atom stereocenters. The molecule has 1 fully saturated rings. The van der Waals surface area contributed by atoms with Crippen LogP contribution in [-0.4, -0.2) is 57.5 Å². The van der Waals surface area contributed by atoms with Crippen molar-refractivity contribution in [2.75, 3.05) is 26.3 Å². The molecule has 0 radical (unpaired) electrons. The Hall–Kier alpha value is -1.02. The molecule has 0 amide bonds. The van der Waals surface area contributed by atoms with Gasteiger partial charge in [0.15, 0.2) is 5.82 Å². The lowest BCUT2D eigenvalue weighted by molar-refractivity contribution is 0.0126. The molecule has 3 heterocycles. The summed E-state index contributed by atoms with van der Waals surface area (Å²) in [5.41, 5.74) is 2.25. The second kappa shape index (κ2) is 5.88. The lowest BCUT2D eigenvalue weighted by atomic mass is 10.0. The second-order valence-corrected chi connectivity index (χ2v) is 6.88. The zero-order valence-electron chi connectivity index (χ0n) is 11.9. The molecule has 4 rings (SSSR count). The minimum atomic E-state index is 0.352. The summed E-state index contributed by atoms with van der Waals surface area (Å²) < 4.78 is 8.23. The van der Waals surface area contributed by atoms with E-state index in [-0.39, 0.29) is 0 Å². The van der Waals surface area contributed by atoms with E-state index < -0.39 is 0 Å². The maximum atomic E-state index is 6.29. The van der Waals surface area contributed by atoms with Gasteiger partial charge in [-0.2, -0.15) is 0 Å². The molecule has 1 saturated heterocycles. The van der Waals surface area contributed by atoms with Gasteiger partial charge >= 0.3 is 0 Å². The van der Waals surface area contributed by atoms with E-state index >= 15 is 0 Å². The van der Waals surface area contributed by atoms with Gasteiger partial charge in [-0.05, 0) is 50.5 Å². The van der Waals surface area contributed by atoms with Gasteiger partial charge in [0.2, 0.25) is 0 Å². The molecule has 1 atom stereocenters. The molecule has 2 aliphatic heterocycles. The van der Waals surface area contributed by atoms with Crippen LogP contribution < -0.4 is 0 Å². The fraction of sp³-hybridized carbons (Fsp3) is 0.500. The Morgan fingerprint density at radius 3 is 2.91 bits per heavy atom. The van der Waals surface area contributed by atoms with Crippen molar-refractivity contribution in [3.8, 4) is 11.4 Å². The Kier molecular flexibility index (Phi) is 3.89. The molecule has 0 N–H and O–H groups in total. The number of ether oxygens (including phenoxy) is 1. The highest BCUT2D eigenvalue weighted by atomic mass is 79.9. The van der Waals surface area contributed by atoms with Gasteiger partial charge < -0.3 is 4.74 Å². The minimum Gasteiger partial charge on any atom is -0.379 e. The summed E-state index contributed by atoms with van der Waals surface area (Å²) in [6.07, 6.45) is 0.924. The van der Waals surface area contributed by atoms with E-state index in [0.717, 1.165) is 60.2 Å². The number of fused-ring (bicyclic) bond motifs is 3. The third kappa shape index (κ3) is 2.56. The third-order valence-corrected chi connectivity index (χ3v) is 5.52. The summed E-state index contributed by atoms with van der Waals surface area (Å²) >= 11 is 9.79. The quantitative estimate of drug-likeness (QED) is 0.753. The Balaban J connectivity index is 1.77. The lowest BCUT2D eigenvalue weighted by Gasteiger charge is -2.33. The topological polar surface area (TPSA) is 56.1 Å². The molecule has 6 nitrogen and oxygen atoms in total. The predicted molar refractivity (Wildman–Crippen MR) is 85.8 cm³/mol. The standard InChI is InChI=1S/C14H15BrClN5O/c15-12-7-11-9(6-13(12)16)5-10(20-1-3-22-4-2-20)8-21-14(11)17-18-19-21/h6-7,10H,1-5,8H2. The number of hydrogen-bond acceptors (Lipinski definition) is 5. The van der Waals surface area contributed by atoms with E-state index in [4.69, 9.17) is 16.3 Å². The van der Waals surface area contributed by atoms with Crippen molar-refractivity contribution in [2.45, 2.75) is 19.0 Å². The second-order valence-electron chi connectivity index (χ2n) is 5.61. The Morgan fingerprint density at radius 2 is 2.09 bits per heavy atom. The highest BCUT2D eigenvalue weighted by molar-refractivity contribution is 9.10. The molecule has 0 saturated carbocycles. The first-order valence-electron chi connectivity index (χ1n) is 7.28. The summed E-state index contributed by atoms with van der Waals surface area (Å²) in [6.45, 7) is 4.25. The van der Waals surface area contributed by atoms with Crippen molar-refractivity contribution >= 4 is 27.5 Å². The molecule has 116 valence electrons. The van der Waals surface area contributed by atoms with E-state index in [2.05, 4.69) is 36.4 Å². The summed E-state index contributed by atoms with van der Waals surface area (Å²) in [4.78, 5) is 2.46. The van der Waals surface area contributed by atoms with Crippen LogP contribution in [0.4, 0.5) is 0 Å². The van der Waals surface area contributed by atoms with Gasteiger partial charge in [-0.15, -0.1) is 5.10 Å². The fourth-order valence-electron chi connectivity index (χ4n) is 3.19. The monoisotopic (exact) mass is 383 g/mol. The molecule has 0 aliphatic carbocycles. The van der Waals surface area contributed by atoms with Gasteiger partial charge in [-0.3, -0.25) is 4.90 Å². The molecular formula is C14H15BrClN5O. The number of tetrazole rings is 1. The van der Waals surface area contributed by atoms with Crippen molar-refractivity contribution in [3.05, 3.63) is 27.2 Å². The predicted octanol–water partition coefficient (Wildman–Crippen LogP) is 2.01. The van der Waals surface area contributed by atoms with E-state index in [1.165, 1.54) is 5.56 Å². The van der Waals surface area contributed by atoms with Gasteiger partial charge in [-0.25, -0.2) is 4.68 Å². The number of morpholine rings is 1. The molecule has 8 heteroatoms.